The quantitative estimate of drug-likeness (QED) is 0.181. The molecule has 1 unspecified atom stereocenters. The van der Waals surface area contributed by atoms with Gasteiger partial charge in [-0.05, 0) is 36.6 Å². The summed E-state index contributed by atoms with van der Waals surface area (Å²) in [6.07, 6.45) is 0.951. The van der Waals surface area contributed by atoms with Crippen LogP contribution in [0.15, 0.2) is 59.6 Å². The Labute approximate surface area is 195 Å². The van der Waals surface area contributed by atoms with Crippen molar-refractivity contribution in [2.75, 3.05) is 26.8 Å². The highest BCUT2D eigenvalue weighted by Gasteiger charge is 2.05. The Bertz CT molecular complexity index is 787. The molecule has 1 amide bonds. The molecule has 0 spiro atoms. The first-order chi connectivity index (χ1) is 14.1. The van der Waals surface area contributed by atoms with E-state index in [0.717, 1.165) is 18.5 Å². The molecule has 0 bridgehead atoms. The topological polar surface area (TPSA) is 98.0 Å². The summed E-state index contributed by atoms with van der Waals surface area (Å²) in [6, 6.07) is 17.7. The number of nitrogens with two attached hydrogens (primary N) is 1. The van der Waals surface area contributed by atoms with Gasteiger partial charge in [-0.2, -0.15) is 0 Å². The number of nitrogens with one attached hydrogen (secondary N) is 2. The molecule has 2 aromatic carbocycles. The zero-order valence-corrected chi connectivity index (χ0v) is 19.8. The van der Waals surface area contributed by atoms with Crippen LogP contribution < -0.4 is 21.1 Å². The lowest BCUT2D eigenvalue weighted by atomic mass is 10.1. The first kappa shape index (κ1) is 25.7. The van der Waals surface area contributed by atoms with Crippen molar-refractivity contribution < 1.29 is 14.3 Å². The Morgan fingerprint density at radius 3 is 2.60 bits per heavy atom. The van der Waals surface area contributed by atoms with Gasteiger partial charge in [0.25, 0.3) is 5.91 Å². The zero-order valence-electron chi connectivity index (χ0n) is 17.5. The number of primary amides is 1. The molecule has 0 aliphatic heterocycles. The van der Waals surface area contributed by atoms with Crippen molar-refractivity contribution in [3.05, 3.63) is 65.7 Å². The summed E-state index contributed by atoms with van der Waals surface area (Å²) in [5.41, 5.74) is 7.29. The fraction of sp³-hybridized carbons (Fsp3) is 0.364. The maximum atomic E-state index is 10.8. The summed E-state index contributed by atoms with van der Waals surface area (Å²) < 4.78 is 11.2. The van der Waals surface area contributed by atoms with Crippen molar-refractivity contribution >= 4 is 35.8 Å². The van der Waals surface area contributed by atoms with Crippen LogP contribution in [0.1, 0.15) is 30.6 Å². The van der Waals surface area contributed by atoms with Crippen molar-refractivity contribution in [3.63, 3.8) is 0 Å². The molecule has 0 aromatic heterocycles. The van der Waals surface area contributed by atoms with Crippen LogP contribution in [0.4, 0.5) is 0 Å². The van der Waals surface area contributed by atoms with Gasteiger partial charge >= 0.3 is 0 Å². The van der Waals surface area contributed by atoms with E-state index in [1.807, 2.05) is 36.4 Å². The van der Waals surface area contributed by atoms with Crippen LogP contribution in [0, 0.1) is 0 Å². The lowest BCUT2D eigenvalue weighted by Crippen LogP contribution is -2.37. The molecule has 30 heavy (non-hydrogen) atoms. The monoisotopic (exact) mass is 526 g/mol. The minimum absolute atomic E-state index is 0. The van der Waals surface area contributed by atoms with Crippen molar-refractivity contribution in [1.82, 2.24) is 10.6 Å². The fourth-order valence-corrected chi connectivity index (χ4v) is 2.67. The minimum atomic E-state index is -0.500. The number of rotatable bonds is 11. The molecule has 2 aromatic rings. The Hall–Kier alpha value is -2.33. The normalized spacial score (nSPS) is 11.9. The smallest absolute Gasteiger partial charge is 0.255 e. The van der Waals surface area contributed by atoms with E-state index in [9.17, 15) is 4.79 Å². The maximum Gasteiger partial charge on any atom is 0.255 e. The van der Waals surface area contributed by atoms with Gasteiger partial charge in [0.1, 0.15) is 5.75 Å². The van der Waals surface area contributed by atoms with E-state index < -0.39 is 5.91 Å². The van der Waals surface area contributed by atoms with Gasteiger partial charge in [-0.25, -0.2) is 0 Å². The van der Waals surface area contributed by atoms with Gasteiger partial charge in [-0.1, -0.05) is 42.5 Å². The van der Waals surface area contributed by atoms with Crippen LogP contribution in [0.3, 0.4) is 0 Å². The lowest BCUT2D eigenvalue weighted by molar-refractivity contribution is -0.119. The van der Waals surface area contributed by atoms with Gasteiger partial charge < -0.3 is 25.8 Å². The number of hydrogen-bond acceptors (Lipinski definition) is 4. The Kier molecular flexibility index (Phi) is 12.5. The molecule has 164 valence electrons. The van der Waals surface area contributed by atoms with Crippen molar-refractivity contribution in [2.24, 2.45) is 10.7 Å². The van der Waals surface area contributed by atoms with E-state index in [1.165, 1.54) is 5.56 Å². The molecular weight excluding hydrogens is 495 g/mol. The van der Waals surface area contributed by atoms with Crippen LogP contribution in [-0.2, 0) is 16.1 Å². The van der Waals surface area contributed by atoms with Gasteiger partial charge in [0.15, 0.2) is 12.6 Å². The second kappa shape index (κ2) is 14.6. The molecule has 0 saturated carbocycles. The first-order valence-electron chi connectivity index (χ1n) is 9.69. The summed E-state index contributed by atoms with van der Waals surface area (Å²) in [5.74, 6) is 0.820. The average Bonchev–Trinajstić information content (AvgIpc) is 2.75. The van der Waals surface area contributed by atoms with Crippen molar-refractivity contribution in [3.8, 4) is 5.75 Å². The zero-order chi connectivity index (χ0) is 20.9. The third-order valence-corrected chi connectivity index (χ3v) is 4.21. The van der Waals surface area contributed by atoms with Crippen LogP contribution in [0.25, 0.3) is 0 Å². The summed E-state index contributed by atoms with van der Waals surface area (Å²) in [4.78, 5) is 15.0. The molecule has 7 nitrogen and oxygen atoms in total. The molecule has 0 heterocycles. The number of nitrogens with zero attached hydrogens (tertiary/aromatic N) is 1. The van der Waals surface area contributed by atoms with Crippen LogP contribution in [0.2, 0.25) is 0 Å². The number of carbonyl (C=O) groups is 1. The first-order valence-corrected chi connectivity index (χ1v) is 9.69. The average molecular weight is 526 g/mol. The highest BCUT2D eigenvalue weighted by atomic mass is 127. The molecule has 8 heteroatoms. The number of ether oxygens (including phenoxy) is 2. The van der Waals surface area contributed by atoms with Crippen LogP contribution >= 0.6 is 24.0 Å². The number of benzene rings is 2. The van der Waals surface area contributed by atoms with E-state index in [0.29, 0.717) is 24.9 Å². The second-order valence-corrected chi connectivity index (χ2v) is 6.53. The lowest BCUT2D eigenvalue weighted by Gasteiger charge is -2.15. The second-order valence-electron chi connectivity index (χ2n) is 6.53. The molecule has 0 saturated heterocycles. The highest BCUT2D eigenvalue weighted by Crippen LogP contribution is 2.15. The predicted molar refractivity (Wildman–Crippen MR) is 130 cm³/mol. The van der Waals surface area contributed by atoms with E-state index >= 15 is 0 Å². The summed E-state index contributed by atoms with van der Waals surface area (Å²) in [7, 11) is 1.73. The molecule has 0 aliphatic rings. The van der Waals surface area contributed by atoms with Gasteiger partial charge in [-0.15, -0.1) is 24.0 Å². The number of amides is 1. The molecular formula is C22H31IN4O3. The van der Waals surface area contributed by atoms with Gasteiger partial charge in [-0.3, -0.25) is 9.79 Å². The largest absolute Gasteiger partial charge is 0.484 e. The Balaban J connectivity index is 0.00000450. The summed E-state index contributed by atoms with van der Waals surface area (Å²) in [6.45, 7) is 3.92. The van der Waals surface area contributed by atoms with Gasteiger partial charge in [0.05, 0.1) is 6.10 Å². The molecule has 0 fully saturated rings. The standard InChI is InChI=1S/C22H30N4O3.HI/c1-17(19-9-4-3-5-10-19)28-13-7-12-25-22(24-2)26-15-18-8-6-11-20(14-18)29-16-21(23)27;/h3-6,8-11,14,17H,7,12-13,15-16H2,1-2H3,(H2,23,27)(H2,24,25,26);1H. The number of halogens is 1. The van der Waals surface area contributed by atoms with E-state index in [2.05, 4.69) is 34.7 Å². The molecule has 1 atom stereocenters. The van der Waals surface area contributed by atoms with Crippen LogP contribution in [0.5, 0.6) is 5.75 Å². The van der Waals surface area contributed by atoms with E-state index in [4.69, 9.17) is 15.2 Å². The third-order valence-electron chi connectivity index (χ3n) is 4.21. The summed E-state index contributed by atoms with van der Waals surface area (Å²) in [5, 5.41) is 6.53. The van der Waals surface area contributed by atoms with Gasteiger partial charge in [0, 0.05) is 26.7 Å². The fourth-order valence-electron chi connectivity index (χ4n) is 2.67. The van der Waals surface area contributed by atoms with Crippen molar-refractivity contribution in [1.29, 1.82) is 0 Å². The Morgan fingerprint density at radius 1 is 1.13 bits per heavy atom. The molecule has 0 radical (unpaired) electrons. The van der Waals surface area contributed by atoms with E-state index in [1.54, 1.807) is 13.1 Å². The summed E-state index contributed by atoms with van der Waals surface area (Å²) >= 11 is 0. The van der Waals surface area contributed by atoms with Gasteiger partial charge in [0.2, 0.25) is 0 Å². The highest BCUT2D eigenvalue weighted by molar-refractivity contribution is 14.0. The number of carbonyl (C=O) groups excluding carboxylic acids is 1. The minimum Gasteiger partial charge on any atom is -0.484 e. The SMILES string of the molecule is CN=C(NCCCOC(C)c1ccccc1)NCc1cccc(OCC(N)=O)c1.I. The third kappa shape index (κ3) is 9.93. The number of hydrogen-bond donors (Lipinski definition) is 3. The van der Waals surface area contributed by atoms with Crippen LogP contribution in [-0.4, -0.2) is 38.7 Å². The van der Waals surface area contributed by atoms with Crippen molar-refractivity contribution in [2.45, 2.75) is 26.0 Å². The Morgan fingerprint density at radius 2 is 1.90 bits per heavy atom. The molecule has 4 N–H and O–H groups in total. The molecule has 2 rings (SSSR count). The maximum absolute atomic E-state index is 10.8. The molecule has 0 aliphatic carbocycles. The van der Waals surface area contributed by atoms with E-state index in [-0.39, 0.29) is 36.7 Å². The number of aliphatic imine (C=N–C) groups is 1. The number of guanidine groups is 1. The predicted octanol–water partition coefficient (Wildman–Crippen LogP) is 3.00.